The summed E-state index contributed by atoms with van der Waals surface area (Å²) in [5.74, 6) is 3.61. The maximum absolute atomic E-state index is 5.83. The monoisotopic (exact) mass is 227 g/mol. The molecule has 0 aliphatic rings. The van der Waals surface area contributed by atoms with Gasteiger partial charge in [0.25, 0.3) is 0 Å². The molecule has 1 unspecified atom stereocenters. The van der Waals surface area contributed by atoms with Crippen LogP contribution in [0.4, 0.5) is 0 Å². The summed E-state index contributed by atoms with van der Waals surface area (Å²) in [5, 5.41) is 4.48. The summed E-state index contributed by atoms with van der Waals surface area (Å²) >= 11 is 0. The molecule has 0 amide bonds. The number of hydrogen-bond acceptors (Lipinski definition) is 2. The third-order valence-electron chi connectivity index (χ3n) is 2.81. The van der Waals surface area contributed by atoms with Crippen molar-refractivity contribution in [3.8, 4) is 12.3 Å². The Labute approximate surface area is 102 Å². The molecule has 17 heavy (non-hydrogen) atoms. The topological polar surface area (TPSA) is 25.2 Å². The van der Waals surface area contributed by atoms with Crippen molar-refractivity contribution in [1.29, 1.82) is 0 Å². The van der Waals surface area contributed by atoms with E-state index in [1.807, 2.05) is 6.07 Å². The Hall–Kier alpha value is -1.72. The van der Waals surface area contributed by atoms with Gasteiger partial charge in [0.2, 0.25) is 0 Å². The van der Waals surface area contributed by atoms with E-state index >= 15 is 0 Å². The molecule has 1 N–H and O–H groups in total. The quantitative estimate of drug-likeness (QED) is 0.810. The van der Waals surface area contributed by atoms with Gasteiger partial charge in [0.15, 0.2) is 0 Å². The largest absolute Gasteiger partial charge is 0.459 e. The van der Waals surface area contributed by atoms with E-state index in [1.54, 1.807) is 0 Å². The van der Waals surface area contributed by atoms with Crippen LogP contribution in [0.15, 0.2) is 28.7 Å². The van der Waals surface area contributed by atoms with Gasteiger partial charge < -0.3 is 9.73 Å². The van der Waals surface area contributed by atoms with Crippen LogP contribution < -0.4 is 5.32 Å². The molecule has 2 aromatic rings. The molecule has 2 nitrogen and oxygen atoms in total. The van der Waals surface area contributed by atoms with Gasteiger partial charge in [-0.3, -0.25) is 0 Å². The first-order valence-electron chi connectivity index (χ1n) is 5.91. The Morgan fingerprint density at radius 3 is 2.94 bits per heavy atom. The van der Waals surface area contributed by atoms with Crippen molar-refractivity contribution < 1.29 is 4.42 Å². The van der Waals surface area contributed by atoms with Crippen LogP contribution in [0.2, 0.25) is 0 Å². The molecule has 1 atom stereocenters. The third-order valence-corrected chi connectivity index (χ3v) is 2.81. The second kappa shape index (κ2) is 5.07. The Balaban J connectivity index is 2.37. The van der Waals surface area contributed by atoms with Gasteiger partial charge in [-0.15, -0.1) is 12.3 Å². The lowest BCUT2D eigenvalue weighted by molar-refractivity contribution is 0.442. The Bertz CT molecular complexity index is 548. The van der Waals surface area contributed by atoms with Crippen LogP contribution in [-0.4, -0.2) is 6.54 Å². The summed E-state index contributed by atoms with van der Waals surface area (Å²) in [5.41, 5.74) is 2.16. The Morgan fingerprint density at radius 1 is 1.41 bits per heavy atom. The number of terminal acetylenes is 1. The molecule has 88 valence electrons. The van der Waals surface area contributed by atoms with Crippen LogP contribution in [0.5, 0.6) is 0 Å². The molecule has 0 saturated carbocycles. The SMILES string of the molecule is C#CCC(NCC)c1cc2cc(C)ccc2o1. The Kier molecular flexibility index (Phi) is 3.51. The highest BCUT2D eigenvalue weighted by Gasteiger charge is 2.14. The molecular formula is C15H17NO. The summed E-state index contributed by atoms with van der Waals surface area (Å²) < 4.78 is 5.83. The molecule has 1 heterocycles. The van der Waals surface area contributed by atoms with E-state index in [1.165, 1.54) is 5.56 Å². The van der Waals surface area contributed by atoms with E-state index in [0.717, 1.165) is 23.3 Å². The zero-order valence-corrected chi connectivity index (χ0v) is 10.3. The van der Waals surface area contributed by atoms with E-state index < -0.39 is 0 Å². The van der Waals surface area contributed by atoms with Crippen molar-refractivity contribution in [1.82, 2.24) is 5.32 Å². The highest BCUT2D eigenvalue weighted by molar-refractivity contribution is 5.78. The molecule has 0 bridgehead atoms. The minimum atomic E-state index is 0.109. The van der Waals surface area contributed by atoms with E-state index in [0.29, 0.717) is 6.42 Å². The van der Waals surface area contributed by atoms with Gasteiger partial charge in [-0.05, 0) is 31.7 Å². The number of rotatable bonds is 4. The molecule has 0 aliphatic carbocycles. The van der Waals surface area contributed by atoms with Crippen molar-refractivity contribution in [3.05, 3.63) is 35.6 Å². The minimum absolute atomic E-state index is 0.109. The molecule has 1 aromatic heterocycles. The third kappa shape index (κ3) is 2.51. The summed E-state index contributed by atoms with van der Waals surface area (Å²) in [6, 6.07) is 8.37. The van der Waals surface area contributed by atoms with Gasteiger partial charge in [-0.1, -0.05) is 18.6 Å². The molecular weight excluding hydrogens is 210 g/mol. The fourth-order valence-corrected chi connectivity index (χ4v) is 1.99. The second-order valence-electron chi connectivity index (χ2n) is 4.21. The molecule has 2 rings (SSSR count). The highest BCUT2D eigenvalue weighted by atomic mass is 16.3. The molecule has 0 aliphatic heterocycles. The zero-order valence-electron chi connectivity index (χ0n) is 10.3. The Morgan fingerprint density at radius 2 is 2.24 bits per heavy atom. The van der Waals surface area contributed by atoms with E-state index in [2.05, 4.69) is 43.3 Å². The number of fused-ring (bicyclic) bond motifs is 1. The standard InChI is InChI=1S/C15H17NO/c1-4-6-13(16-5-2)15-10-12-9-11(3)7-8-14(12)17-15/h1,7-10,13,16H,5-6H2,2-3H3. The number of nitrogens with one attached hydrogen (secondary N) is 1. The van der Waals surface area contributed by atoms with Gasteiger partial charge in [-0.2, -0.15) is 0 Å². The molecule has 1 aromatic carbocycles. The zero-order chi connectivity index (χ0) is 12.3. The fraction of sp³-hybridized carbons (Fsp3) is 0.333. The summed E-state index contributed by atoms with van der Waals surface area (Å²) in [7, 11) is 0. The van der Waals surface area contributed by atoms with Crippen LogP contribution >= 0.6 is 0 Å². The van der Waals surface area contributed by atoms with E-state index in [-0.39, 0.29) is 6.04 Å². The maximum atomic E-state index is 5.83. The predicted octanol–water partition coefficient (Wildman–Crippen LogP) is 3.42. The van der Waals surface area contributed by atoms with Crippen LogP contribution in [0.3, 0.4) is 0 Å². The lowest BCUT2D eigenvalue weighted by Gasteiger charge is -2.11. The summed E-state index contributed by atoms with van der Waals surface area (Å²) in [4.78, 5) is 0. The van der Waals surface area contributed by atoms with Crippen molar-refractivity contribution in [2.45, 2.75) is 26.3 Å². The average molecular weight is 227 g/mol. The predicted molar refractivity (Wildman–Crippen MR) is 70.8 cm³/mol. The first-order valence-corrected chi connectivity index (χ1v) is 5.91. The van der Waals surface area contributed by atoms with Gasteiger partial charge in [-0.25, -0.2) is 0 Å². The van der Waals surface area contributed by atoms with Crippen molar-refractivity contribution in [3.63, 3.8) is 0 Å². The summed E-state index contributed by atoms with van der Waals surface area (Å²) in [6.07, 6.45) is 6.03. The number of furan rings is 1. The first kappa shape index (κ1) is 11.8. The molecule has 0 saturated heterocycles. The molecule has 2 heteroatoms. The van der Waals surface area contributed by atoms with Gasteiger partial charge in [0.05, 0.1) is 6.04 Å². The number of hydrogen-bond donors (Lipinski definition) is 1. The normalized spacial score (nSPS) is 12.5. The minimum Gasteiger partial charge on any atom is -0.459 e. The first-order chi connectivity index (χ1) is 8.24. The molecule has 0 spiro atoms. The van der Waals surface area contributed by atoms with E-state index in [9.17, 15) is 0 Å². The van der Waals surface area contributed by atoms with Crippen LogP contribution in [0, 0.1) is 19.3 Å². The second-order valence-corrected chi connectivity index (χ2v) is 4.21. The lowest BCUT2D eigenvalue weighted by atomic mass is 10.1. The highest BCUT2D eigenvalue weighted by Crippen LogP contribution is 2.26. The molecule has 0 radical (unpaired) electrons. The smallest absolute Gasteiger partial charge is 0.134 e. The fourth-order valence-electron chi connectivity index (χ4n) is 1.99. The average Bonchev–Trinajstić information content (AvgIpc) is 2.71. The van der Waals surface area contributed by atoms with Crippen LogP contribution in [-0.2, 0) is 0 Å². The van der Waals surface area contributed by atoms with Crippen LogP contribution in [0.1, 0.15) is 30.7 Å². The summed E-state index contributed by atoms with van der Waals surface area (Å²) in [6.45, 7) is 5.02. The van der Waals surface area contributed by atoms with E-state index in [4.69, 9.17) is 10.8 Å². The van der Waals surface area contributed by atoms with Crippen molar-refractivity contribution in [2.75, 3.05) is 6.54 Å². The lowest BCUT2D eigenvalue weighted by Crippen LogP contribution is -2.19. The van der Waals surface area contributed by atoms with Gasteiger partial charge in [0, 0.05) is 11.8 Å². The van der Waals surface area contributed by atoms with Crippen molar-refractivity contribution in [2.24, 2.45) is 0 Å². The van der Waals surface area contributed by atoms with Gasteiger partial charge in [0.1, 0.15) is 11.3 Å². The van der Waals surface area contributed by atoms with Crippen molar-refractivity contribution >= 4 is 11.0 Å². The maximum Gasteiger partial charge on any atom is 0.134 e. The van der Waals surface area contributed by atoms with Gasteiger partial charge >= 0.3 is 0 Å². The van der Waals surface area contributed by atoms with Crippen LogP contribution in [0.25, 0.3) is 11.0 Å². The number of benzene rings is 1. The number of aryl methyl sites for hydroxylation is 1. The molecule has 0 fully saturated rings.